The van der Waals surface area contributed by atoms with Gasteiger partial charge in [0, 0.05) is 39.4 Å². The molecular weight excluding hydrogens is 352 g/mol. The molecule has 146 valence electrons. The molecule has 1 aromatic heterocycles. The van der Waals surface area contributed by atoms with E-state index in [4.69, 9.17) is 0 Å². The van der Waals surface area contributed by atoms with Crippen LogP contribution in [0, 0.1) is 0 Å². The number of fused-ring (bicyclic) bond motifs is 1. The Morgan fingerprint density at radius 1 is 1.00 bits per heavy atom. The van der Waals surface area contributed by atoms with E-state index in [1.54, 1.807) is 28.1 Å². The second-order valence-corrected chi connectivity index (χ2v) is 7.49. The zero-order valence-electron chi connectivity index (χ0n) is 16.5. The van der Waals surface area contributed by atoms with Crippen LogP contribution in [0.3, 0.4) is 0 Å². The van der Waals surface area contributed by atoms with Crippen LogP contribution in [0.25, 0.3) is 11.0 Å². The van der Waals surface area contributed by atoms with Crippen LogP contribution in [-0.2, 0) is 24.9 Å². The Hall–Kier alpha value is -3.02. The Balaban J connectivity index is 1.54. The normalized spacial score (nSPS) is 14.0. The lowest BCUT2D eigenvalue weighted by molar-refractivity contribution is -0.131. The number of aromatic nitrogens is 2. The number of aryl methyl sites for hydroxylation is 1. The highest BCUT2D eigenvalue weighted by molar-refractivity contribution is 5.81. The van der Waals surface area contributed by atoms with Crippen molar-refractivity contribution >= 4 is 22.6 Å². The first-order valence-corrected chi connectivity index (χ1v) is 9.77. The highest BCUT2D eigenvalue weighted by Crippen LogP contribution is 2.25. The van der Waals surface area contributed by atoms with Gasteiger partial charge in [-0.25, -0.2) is 4.79 Å². The molecule has 6 nitrogen and oxygen atoms in total. The van der Waals surface area contributed by atoms with Crippen LogP contribution < -0.4 is 10.6 Å². The highest BCUT2D eigenvalue weighted by atomic mass is 16.2. The van der Waals surface area contributed by atoms with Crippen molar-refractivity contribution in [1.82, 2.24) is 14.0 Å². The van der Waals surface area contributed by atoms with Crippen molar-refractivity contribution in [3.63, 3.8) is 0 Å². The number of carbonyl (C=O) groups is 1. The monoisotopic (exact) mass is 378 g/mol. The molecule has 0 saturated carbocycles. The molecule has 0 atom stereocenters. The van der Waals surface area contributed by atoms with E-state index in [-0.39, 0.29) is 18.1 Å². The quantitative estimate of drug-likeness (QED) is 0.686. The minimum Gasteiger partial charge on any atom is -0.371 e. The first kappa shape index (κ1) is 18.3. The van der Waals surface area contributed by atoms with Gasteiger partial charge in [0.1, 0.15) is 6.54 Å². The Kier molecular flexibility index (Phi) is 4.94. The van der Waals surface area contributed by atoms with Gasteiger partial charge in [-0.3, -0.25) is 13.9 Å². The Bertz CT molecular complexity index is 1060. The number of hydrogen-bond acceptors (Lipinski definition) is 3. The number of benzene rings is 2. The first-order valence-electron chi connectivity index (χ1n) is 9.77. The van der Waals surface area contributed by atoms with Crippen molar-refractivity contribution in [2.24, 2.45) is 7.05 Å². The molecule has 1 aliphatic heterocycles. The number of nitrogens with zero attached hydrogens (tertiary/aromatic N) is 4. The number of likely N-dealkylation sites (N-methyl/N-ethyl adjacent to an activating group) is 1. The number of amides is 1. The molecule has 28 heavy (non-hydrogen) atoms. The number of rotatable bonds is 5. The van der Waals surface area contributed by atoms with Crippen LogP contribution in [0.4, 0.5) is 5.69 Å². The zero-order valence-corrected chi connectivity index (χ0v) is 16.5. The maximum absolute atomic E-state index is 12.9. The summed E-state index contributed by atoms with van der Waals surface area (Å²) in [6.07, 6.45) is 2.43. The Morgan fingerprint density at radius 2 is 1.64 bits per heavy atom. The predicted octanol–water partition coefficient (Wildman–Crippen LogP) is 2.60. The average Bonchev–Trinajstić information content (AvgIpc) is 3.32. The van der Waals surface area contributed by atoms with Crippen molar-refractivity contribution in [2.45, 2.75) is 25.9 Å². The van der Waals surface area contributed by atoms with Crippen molar-refractivity contribution in [3.8, 4) is 0 Å². The molecule has 4 rings (SSSR count). The van der Waals surface area contributed by atoms with Gasteiger partial charge in [-0.2, -0.15) is 0 Å². The molecule has 1 aliphatic rings. The summed E-state index contributed by atoms with van der Waals surface area (Å²) in [5.41, 5.74) is 3.81. The van der Waals surface area contributed by atoms with Gasteiger partial charge in [0.15, 0.2) is 0 Å². The summed E-state index contributed by atoms with van der Waals surface area (Å²) in [6.45, 7) is 2.72. The molecule has 0 aliphatic carbocycles. The Morgan fingerprint density at radius 3 is 2.39 bits per heavy atom. The third-order valence-electron chi connectivity index (χ3n) is 5.62. The van der Waals surface area contributed by atoms with Crippen molar-refractivity contribution in [2.75, 3.05) is 25.0 Å². The third-order valence-corrected chi connectivity index (χ3v) is 5.62. The molecule has 2 heterocycles. The lowest BCUT2D eigenvalue weighted by Gasteiger charge is -2.24. The SMILES string of the molecule is CN(Cc1ccccc1N1CCCC1)C(=O)Cn1c(=O)n(C)c2ccccc21. The molecule has 3 aromatic rings. The molecule has 2 aromatic carbocycles. The molecule has 1 saturated heterocycles. The topological polar surface area (TPSA) is 50.5 Å². The molecule has 0 unspecified atom stereocenters. The summed E-state index contributed by atoms with van der Waals surface area (Å²) in [4.78, 5) is 29.6. The number of carbonyl (C=O) groups excluding carboxylic acids is 1. The first-order chi connectivity index (χ1) is 13.6. The maximum atomic E-state index is 12.9. The van der Waals surface area contributed by atoms with Gasteiger partial charge >= 0.3 is 5.69 Å². The average molecular weight is 378 g/mol. The fourth-order valence-corrected chi connectivity index (χ4v) is 4.03. The standard InChI is InChI=1S/C22H26N4O2/c1-23(15-17-9-3-4-10-18(17)25-13-7-8-14-25)21(27)16-26-20-12-6-5-11-19(20)24(2)22(26)28/h3-6,9-12H,7-8,13-16H2,1-2H3. The van der Waals surface area contributed by atoms with Crippen LogP contribution in [0.15, 0.2) is 53.3 Å². The molecule has 1 fully saturated rings. The molecule has 0 spiro atoms. The van der Waals surface area contributed by atoms with Crippen LogP contribution >= 0.6 is 0 Å². The summed E-state index contributed by atoms with van der Waals surface area (Å²) in [6, 6.07) is 15.8. The number of para-hydroxylation sites is 3. The maximum Gasteiger partial charge on any atom is 0.329 e. The van der Waals surface area contributed by atoms with E-state index in [1.165, 1.54) is 18.5 Å². The van der Waals surface area contributed by atoms with Crippen molar-refractivity contribution in [1.29, 1.82) is 0 Å². The van der Waals surface area contributed by atoms with E-state index in [0.29, 0.717) is 6.54 Å². The number of anilines is 1. The predicted molar refractivity (Wildman–Crippen MR) is 112 cm³/mol. The summed E-state index contributed by atoms with van der Waals surface area (Å²) in [7, 11) is 3.54. The fraction of sp³-hybridized carbons (Fsp3) is 0.364. The van der Waals surface area contributed by atoms with Gasteiger partial charge < -0.3 is 9.80 Å². The summed E-state index contributed by atoms with van der Waals surface area (Å²) in [5, 5.41) is 0. The van der Waals surface area contributed by atoms with E-state index in [1.807, 2.05) is 30.3 Å². The van der Waals surface area contributed by atoms with Gasteiger partial charge in [-0.15, -0.1) is 0 Å². The van der Waals surface area contributed by atoms with Crippen LogP contribution in [0.1, 0.15) is 18.4 Å². The lowest BCUT2D eigenvalue weighted by Crippen LogP contribution is -2.34. The van der Waals surface area contributed by atoms with Crippen LogP contribution in [0.5, 0.6) is 0 Å². The second-order valence-electron chi connectivity index (χ2n) is 7.49. The van der Waals surface area contributed by atoms with Crippen molar-refractivity contribution < 1.29 is 4.79 Å². The van der Waals surface area contributed by atoms with Gasteiger partial charge in [0.2, 0.25) is 5.91 Å². The number of imidazole rings is 1. The second kappa shape index (κ2) is 7.54. The minimum atomic E-state index is -0.166. The van der Waals surface area contributed by atoms with Gasteiger partial charge in [-0.1, -0.05) is 30.3 Å². The van der Waals surface area contributed by atoms with E-state index < -0.39 is 0 Å². The van der Waals surface area contributed by atoms with E-state index >= 15 is 0 Å². The molecule has 0 radical (unpaired) electrons. The molecule has 0 bridgehead atoms. The smallest absolute Gasteiger partial charge is 0.329 e. The zero-order chi connectivity index (χ0) is 19.7. The number of hydrogen-bond donors (Lipinski definition) is 0. The third kappa shape index (κ3) is 3.30. The summed E-state index contributed by atoms with van der Waals surface area (Å²) < 4.78 is 3.14. The highest BCUT2D eigenvalue weighted by Gasteiger charge is 2.19. The van der Waals surface area contributed by atoms with Gasteiger partial charge in [-0.05, 0) is 36.6 Å². The van der Waals surface area contributed by atoms with Gasteiger partial charge in [0.05, 0.1) is 11.0 Å². The summed E-state index contributed by atoms with van der Waals surface area (Å²) in [5.74, 6) is -0.0744. The van der Waals surface area contributed by atoms with Crippen LogP contribution in [0.2, 0.25) is 0 Å². The van der Waals surface area contributed by atoms with Gasteiger partial charge in [0.25, 0.3) is 0 Å². The van der Waals surface area contributed by atoms with Crippen molar-refractivity contribution in [3.05, 3.63) is 64.6 Å². The largest absolute Gasteiger partial charge is 0.371 e. The van der Waals surface area contributed by atoms with E-state index in [9.17, 15) is 9.59 Å². The fourth-order valence-electron chi connectivity index (χ4n) is 4.03. The summed E-state index contributed by atoms with van der Waals surface area (Å²) >= 11 is 0. The van der Waals surface area contributed by atoms with Crippen LogP contribution in [-0.4, -0.2) is 40.1 Å². The molecule has 0 N–H and O–H groups in total. The van der Waals surface area contributed by atoms with E-state index in [0.717, 1.165) is 29.7 Å². The molecule has 1 amide bonds. The molecule has 6 heteroatoms. The van der Waals surface area contributed by atoms with E-state index in [2.05, 4.69) is 23.1 Å². The lowest BCUT2D eigenvalue weighted by atomic mass is 10.1. The minimum absolute atomic E-state index is 0.0442. The Labute approximate surface area is 164 Å². The molecular formula is C22H26N4O2.